The third kappa shape index (κ3) is 3.20. The Morgan fingerprint density at radius 3 is 2.53 bits per heavy atom. The zero-order chi connectivity index (χ0) is 11.3. The summed E-state index contributed by atoms with van der Waals surface area (Å²) < 4.78 is 0. The quantitative estimate of drug-likeness (QED) is 0.800. The molecule has 84 valence electrons. The van der Waals surface area contributed by atoms with Crippen molar-refractivity contribution in [2.75, 3.05) is 18.0 Å². The van der Waals surface area contributed by atoms with Crippen molar-refractivity contribution in [3.63, 3.8) is 0 Å². The van der Waals surface area contributed by atoms with Gasteiger partial charge in [-0.1, -0.05) is 6.07 Å². The highest BCUT2D eigenvalue weighted by molar-refractivity contribution is 5.40. The van der Waals surface area contributed by atoms with Crippen LogP contribution in [0.1, 0.15) is 26.3 Å². The maximum absolute atomic E-state index is 5.49. The summed E-state index contributed by atoms with van der Waals surface area (Å²) in [4.78, 5) is 6.73. The SMILES string of the molecule is CCN(c1ccc(CCN)cn1)C(C)C. The third-order valence-electron chi connectivity index (χ3n) is 2.50. The summed E-state index contributed by atoms with van der Waals surface area (Å²) in [6.07, 6.45) is 2.83. The van der Waals surface area contributed by atoms with Crippen LogP contribution >= 0.6 is 0 Å². The predicted molar refractivity (Wildman–Crippen MR) is 65.2 cm³/mol. The molecule has 15 heavy (non-hydrogen) atoms. The molecule has 0 radical (unpaired) electrons. The van der Waals surface area contributed by atoms with E-state index in [1.54, 1.807) is 0 Å². The molecule has 0 atom stereocenters. The second-order valence-electron chi connectivity index (χ2n) is 3.94. The van der Waals surface area contributed by atoms with Crippen LogP contribution in [0.3, 0.4) is 0 Å². The van der Waals surface area contributed by atoms with Crippen molar-refractivity contribution in [3.8, 4) is 0 Å². The van der Waals surface area contributed by atoms with Gasteiger partial charge in [-0.3, -0.25) is 0 Å². The number of nitrogens with two attached hydrogens (primary N) is 1. The topological polar surface area (TPSA) is 42.1 Å². The molecule has 0 bridgehead atoms. The lowest BCUT2D eigenvalue weighted by Gasteiger charge is -2.26. The molecule has 0 saturated carbocycles. The predicted octanol–water partition coefficient (Wildman–Crippen LogP) is 1.82. The molecule has 1 heterocycles. The molecule has 1 aromatic heterocycles. The van der Waals surface area contributed by atoms with Crippen molar-refractivity contribution in [2.24, 2.45) is 5.73 Å². The Morgan fingerprint density at radius 1 is 1.40 bits per heavy atom. The van der Waals surface area contributed by atoms with Crippen LogP contribution < -0.4 is 10.6 Å². The van der Waals surface area contributed by atoms with Gasteiger partial charge in [-0.05, 0) is 45.4 Å². The lowest BCUT2D eigenvalue weighted by Crippen LogP contribution is -2.31. The molecule has 3 heteroatoms. The van der Waals surface area contributed by atoms with Crippen molar-refractivity contribution < 1.29 is 0 Å². The number of hydrogen-bond donors (Lipinski definition) is 1. The fraction of sp³-hybridized carbons (Fsp3) is 0.583. The fourth-order valence-corrected chi connectivity index (χ4v) is 1.69. The van der Waals surface area contributed by atoms with E-state index in [1.165, 1.54) is 5.56 Å². The summed E-state index contributed by atoms with van der Waals surface area (Å²) in [5.41, 5.74) is 6.70. The molecule has 0 fully saturated rings. The molecule has 0 amide bonds. The lowest BCUT2D eigenvalue weighted by molar-refractivity contribution is 0.693. The van der Waals surface area contributed by atoms with Gasteiger partial charge in [0, 0.05) is 18.8 Å². The molecule has 1 rings (SSSR count). The summed E-state index contributed by atoms with van der Waals surface area (Å²) in [6.45, 7) is 8.18. The zero-order valence-electron chi connectivity index (χ0n) is 9.90. The molecular weight excluding hydrogens is 186 g/mol. The van der Waals surface area contributed by atoms with Gasteiger partial charge in [-0.2, -0.15) is 0 Å². The van der Waals surface area contributed by atoms with E-state index in [9.17, 15) is 0 Å². The molecule has 0 aliphatic heterocycles. The number of aromatic nitrogens is 1. The first-order valence-corrected chi connectivity index (χ1v) is 5.60. The Labute approximate surface area is 92.3 Å². The van der Waals surface area contributed by atoms with E-state index in [4.69, 9.17) is 5.73 Å². The second kappa shape index (κ2) is 5.71. The van der Waals surface area contributed by atoms with Gasteiger partial charge in [0.05, 0.1) is 0 Å². The Bertz CT molecular complexity index is 279. The molecule has 0 aliphatic rings. The average Bonchev–Trinajstić information content (AvgIpc) is 2.21. The minimum Gasteiger partial charge on any atom is -0.354 e. The summed E-state index contributed by atoms with van der Waals surface area (Å²) in [7, 11) is 0. The molecule has 0 spiro atoms. The van der Waals surface area contributed by atoms with Crippen LogP contribution in [0.2, 0.25) is 0 Å². The molecule has 0 unspecified atom stereocenters. The minimum absolute atomic E-state index is 0.489. The van der Waals surface area contributed by atoms with Crippen LogP contribution in [0.5, 0.6) is 0 Å². The summed E-state index contributed by atoms with van der Waals surface area (Å²) in [5.74, 6) is 1.05. The van der Waals surface area contributed by atoms with Crippen LogP contribution in [-0.2, 0) is 6.42 Å². The van der Waals surface area contributed by atoms with E-state index in [1.807, 2.05) is 6.20 Å². The van der Waals surface area contributed by atoms with Gasteiger partial charge >= 0.3 is 0 Å². The first kappa shape index (κ1) is 12.0. The maximum atomic E-state index is 5.49. The van der Waals surface area contributed by atoms with Gasteiger partial charge in [-0.15, -0.1) is 0 Å². The molecular formula is C12H21N3. The van der Waals surface area contributed by atoms with E-state index in [2.05, 4.69) is 42.8 Å². The molecule has 0 saturated heterocycles. The van der Waals surface area contributed by atoms with Crippen LogP contribution in [0.15, 0.2) is 18.3 Å². The molecule has 0 aliphatic carbocycles. The summed E-state index contributed by atoms with van der Waals surface area (Å²) in [5, 5.41) is 0. The lowest BCUT2D eigenvalue weighted by atomic mass is 10.2. The Balaban J connectivity index is 2.77. The normalized spacial score (nSPS) is 10.7. The average molecular weight is 207 g/mol. The number of nitrogens with zero attached hydrogens (tertiary/aromatic N) is 2. The maximum Gasteiger partial charge on any atom is 0.128 e. The number of rotatable bonds is 5. The van der Waals surface area contributed by atoms with Crippen molar-refractivity contribution in [3.05, 3.63) is 23.9 Å². The monoisotopic (exact) mass is 207 g/mol. The van der Waals surface area contributed by atoms with E-state index < -0.39 is 0 Å². The standard InChI is InChI=1S/C12H21N3/c1-4-15(10(2)3)12-6-5-11(7-8-13)9-14-12/h5-6,9-10H,4,7-8,13H2,1-3H3. The largest absolute Gasteiger partial charge is 0.354 e. The summed E-state index contributed by atoms with van der Waals surface area (Å²) in [6, 6.07) is 4.68. The zero-order valence-corrected chi connectivity index (χ0v) is 9.90. The van der Waals surface area contributed by atoms with Crippen molar-refractivity contribution in [1.82, 2.24) is 4.98 Å². The number of hydrogen-bond acceptors (Lipinski definition) is 3. The highest BCUT2D eigenvalue weighted by Gasteiger charge is 2.08. The first-order valence-electron chi connectivity index (χ1n) is 5.60. The van der Waals surface area contributed by atoms with E-state index in [-0.39, 0.29) is 0 Å². The molecule has 0 aromatic carbocycles. The first-order chi connectivity index (χ1) is 7.19. The van der Waals surface area contributed by atoms with Gasteiger partial charge in [0.15, 0.2) is 0 Å². The Kier molecular flexibility index (Phi) is 4.56. The summed E-state index contributed by atoms with van der Waals surface area (Å²) >= 11 is 0. The van der Waals surface area contributed by atoms with Crippen molar-refractivity contribution >= 4 is 5.82 Å². The minimum atomic E-state index is 0.489. The Morgan fingerprint density at radius 2 is 2.13 bits per heavy atom. The van der Waals surface area contributed by atoms with Gasteiger partial charge in [0.1, 0.15) is 5.82 Å². The van der Waals surface area contributed by atoms with E-state index >= 15 is 0 Å². The highest BCUT2D eigenvalue weighted by Crippen LogP contribution is 2.14. The van der Waals surface area contributed by atoms with E-state index in [0.29, 0.717) is 12.6 Å². The van der Waals surface area contributed by atoms with Crippen molar-refractivity contribution in [1.29, 1.82) is 0 Å². The fourth-order valence-electron chi connectivity index (χ4n) is 1.69. The molecule has 1 aromatic rings. The van der Waals surface area contributed by atoms with Crippen molar-refractivity contribution in [2.45, 2.75) is 33.2 Å². The van der Waals surface area contributed by atoms with Gasteiger partial charge < -0.3 is 10.6 Å². The number of pyridine rings is 1. The second-order valence-corrected chi connectivity index (χ2v) is 3.94. The van der Waals surface area contributed by atoms with Gasteiger partial charge in [-0.25, -0.2) is 4.98 Å². The van der Waals surface area contributed by atoms with E-state index in [0.717, 1.165) is 18.8 Å². The van der Waals surface area contributed by atoms with Crippen LogP contribution in [-0.4, -0.2) is 24.1 Å². The van der Waals surface area contributed by atoms with Crippen LogP contribution in [0, 0.1) is 0 Å². The third-order valence-corrected chi connectivity index (χ3v) is 2.50. The number of anilines is 1. The highest BCUT2D eigenvalue weighted by atomic mass is 15.2. The van der Waals surface area contributed by atoms with Gasteiger partial charge in [0.2, 0.25) is 0 Å². The smallest absolute Gasteiger partial charge is 0.128 e. The Hall–Kier alpha value is -1.09. The molecule has 2 N–H and O–H groups in total. The van der Waals surface area contributed by atoms with Crippen LogP contribution in [0.4, 0.5) is 5.82 Å². The van der Waals surface area contributed by atoms with Gasteiger partial charge in [0.25, 0.3) is 0 Å². The van der Waals surface area contributed by atoms with Crippen LogP contribution in [0.25, 0.3) is 0 Å². The molecule has 3 nitrogen and oxygen atoms in total.